The zero-order valence-corrected chi connectivity index (χ0v) is 10.2. The molecule has 0 aromatic carbocycles. The number of aryl methyl sites for hydroxylation is 1. The summed E-state index contributed by atoms with van der Waals surface area (Å²) in [7, 11) is 0. The Morgan fingerprint density at radius 2 is 2.17 bits per heavy atom. The van der Waals surface area contributed by atoms with Crippen LogP contribution in [0, 0.1) is 0 Å². The summed E-state index contributed by atoms with van der Waals surface area (Å²) in [5.74, 6) is 0.989. The van der Waals surface area contributed by atoms with Crippen LogP contribution in [0.15, 0.2) is 12.5 Å². The summed E-state index contributed by atoms with van der Waals surface area (Å²) >= 11 is 0. The van der Waals surface area contributed by atoms with Gasteiger partial charge in [0, 0.05) is 24.2 Å². The van der Waals surface area contributed by atoms with Gasteiger partial charge in [-0.3, -0.25) is 0 Å². The molecule has 0 atom stereocenters. The Bertz CT molecular complexity index is 507. The lowest BCUT2D eigenvalue weighted by Crippen LogP contribution is -2.14. The Kier molecular flexibility index (Phi) is 3.16. The van der Waals surface area contributed by atoms with Crippen molar-refractivity contribution in [3.05, 3.63) is 29.5 Å². The highest BCUT2D eigenvalue weighted by atomic mass is 15.3. The summed E-state index contributed by atoms with van der Waals surface area (Å²) in [5, 5.41) is 13.8. The number of fused-ring (bicyclic) bond motifs is 1. The van der Waals surface area contributed by atoms with Gasteiger partial charge in [0.05, 0.1) is 11.9 Å². The Morgan fingerprint density at radius 1 is 1.22 bits per heavy atom. The molecule has 2 aromatic rings. The van der Waals surface area contributed by atoms with Crippen molar-refractivity contribution >= 4 is 5.82 Å². The average Bonchev–Trinajstić information content (AvgIpc) is 2.92. The molecule has 3 rings (SSSR count). The summed E-state index contributed by atoms with van der Waals surface area (Å²) in [6.07, 6.45) is 8.88. The number of nitrogens with zero attached hydrogens (tertiary/aromatic N) is 4. The van der Waals surface area contributed by atoms with Crippen LogP contribution in [0.2, 0.25) is 0 Å². The lowest BCUT2D eigenvalue weighted by molar-refractivity contribution is 0.663. The van der Waals surface area contributed by atoms with Gasteiger partial charge < -0.3 is 5.32 Å². The smallest absolute Gasteiger partial charge is 0.132 e. The van der Waals surface area contributed by atoms with Crippen molar-refractivity contribution in [3.8, 4) is 0 Å². The molecule has 6 nitrogen and oxygen atoms in total. The number of hydrogen-bond donors (Lipinski definition) is 2. The average molecular weight is 244 g/mol. The molecule has 0 fully saturated rings. The van der Waals surface area contributed by atoms with E-state index in [2.05, 4.69) is 30.7 Å². The molecule has 94 valence electrons. The van der Waals surface area contributed by atoms with E-state index < -0.39 is 0 Å². The minimum absolute atomic E-state index is 0.815. The Hall–Kier alpha value is -1.98. The Balaban J connectivity index is 1.65. The normalized spacial score (nSPS) is 14.2. The quantitative estimate of drug-likeness (QED) is 0.842. The molecule has 2 aromatic heterocycles. The first kappa shape index (κ1) is 11.1. The predicted octanol–water partition coefficient (Wildman–Crippen LogP) is 1.13. The number of rotatable bonds is 4. The van der Waals surface area contributed by atoms with Crippen LogP contribution in [-0.4, -0.2) is 31.9 Å². The van der Waals surface area contributed by atoms with E-state index in [0.717, 1.165) is 37.3 Å². The van der Waals surface area contributed by atoms with E-state index in [1.165, 1.54) is 24.1 Å². The van der Waals surface area contributed by atoms with Crippen LogP contribution < -0.4 is 5.32 Å². The second kappa shape index (κ2) is 5.12. The molecular weight excluding hydrogens is 228 g/mol. The van der Waals surface area contributed by atoms with Gasteiger partial charge in [0.1, 0.15) is 12.1 Å². The fraction of sp³-hybridized carbons (Fsp3) is 0.500. The van der Waals surface area contributed by atoms with Gasteiger partial charge in [0.25, 0.3) is 0 Å². The van der Waals surface area contributed by atoms with Gasteiger partial charge >= 0.3 is 0 Å². The lowest BCUT2D eigenvalue weighted by Gasteiger charge is -2.17. The highest BCUT2D eigenvalue weighted by molar-refractivity contribution is 5.46. The summed E-state index contributed by atoms with van der Waals surface area (Å²) in [5.41, 5.74) is 3.47. The molecule has 0 saturated carbocycles. The van der Waals surface area contributed by atoms with E-state index in [0.29, 0.717) is 0 Å². The minimum atomic E-state index is 0.815. The van der Waals surface area contributed by atoms with Crippen molar-refractivity contribution in [3.63, 3.8) is 0 Å². The maximum atomic E-state index is 4.36. The molecule has 0 spiro atoms. The van der Waals surface area contributed by atoms with Crippen molar-refractivity contribution in [2.75, 3.05) is 11.9 Å². The van der Waals surface area contributed by atoms with Crippen LogP contribution in [-0.2, 0) is 19.3 Å². The SMILES string of the molecule is c1nc2c(c(NCCc3cn[nH]n3)n1)CCCC2. The van der Waals surface area contributed by atoms with Crippen molar-refractivity contribution in [1.82, 2.24) is 25.4 Å². The van der Waals surface area contributed by atoms with Crippen molar-refractivity contribution in [1.29, 1.82) is 0 Å². The van der Waals surface area contributed by atoms with Crippen LogP contribution in [0.3, 0.4) is 0 Å². The van der Waals surface area contributed by atoms with Crippen molar-refractivity contribution in [2.24, 2.45) is 0 Å². The van der Waals surface area contributed by atoms with Crippen LogP contribution >= 0.6 is 0 Å². The second-order valence-electron chi connectivity index (χ2n) is 4.49. The maximum absolute atomic E-state index is 4.36. The molecule has 0 unspecified atom stereocenters. The third-order valence-electron chi connectivity index (χ3n) is 3.26. The molecular formula is C12H16N6. The van der Waals surface area contributed by atoms with Gasteiger partial charge in [0.2, 0.25) is 0 Å². The highest BCUT2D eigenvalue weighted by Crippen LogP contribution is 2.24. The highest BCUT2D eigenvalue weighted by Gasteiger charge is 2.14. The monoisotopic (exact) mass is 244 g/mol. The number of anilines is 1. The Morgan fingerprint density at radius 3 is 3.06 bits per heavy atom. The Labute approximate surface area is 105 Å². The van der Waals surface area contributed by atoms with Crippen molar-refractivity contribution in [2.45, 2.75) is 32.1 Å². The largest absolute Gasteiger partial charge is 0.369 e. The van der Waals surface area contributed by atoms with E-state index in [1.807, 2.05) is 0 Å². The summed E-state index contributed by atoms with van der Waals surface area (Å²) in [6.45, 7) is 0.815. The van der Waals surface area contributed by atoms with E-state index in [9.17, 15) is 0 Å². The standard InChI is InChI=1S/C12H16N6/c1-2-4-11-10(3-1)12(15-8-14-11)13-6-5-9-7-16-18-17-9/h7-8H,1-6H2,(H,13,14,15)(H,16,17,18). The molecule has 2 heterocycles. The van der Waals surface area contributed by atoms with Gasteiger partial charge in [0.15, 0.2) is 0 Å². The van der Waals surface area contributed by atoms with Crippen LogP contribution in [0.5, 0.6) is 0 Å². The van der Waals surface area contributed by atoms with E-state index in [1.54, 1.807) is 12.5 Å². The number of nitrogens with one attached hydrogen (secondary N) is 2. The molecule has 18 heavy (non-hydrogen) atoms. The first-order valence-electron chi connectivity index (χ1n) is 6.35. The number of aromatic nitrogens is 5. The molecule has 0 aliphatic heterocycles. The lowest BCUT2D eigenvalue weighted by atomic mass is 9.96. The van der Waals surface area contributed by atoms with Gasteiger partial charge in [-0.15, -0.1) is 0 Å². The number of hydrogen-bond acceptors (Lipinski definition) is 5. The molecule has 2 N–H and O–H groups in total. The van der Waals surface area contributed by atoms with Crippen molar-refractivity contribution < 1.29 is 0 Å². The van der Waals surface area contributed by atoms with Gasteiger partial charge in [-0.05, 0) is 25.7 Å². The van der Waals surface area contributed by atoms with Gasteiger partial charge in [-0.2, -0.15) is 15.4 Å². The minimum Gasteiger partial charge on any atom is -0.369 e. The van der Waals surface area contributed by atoms with Crippen LogP contribution in [0.1, 0.15) is 29.8 Å². The molecule has 0 bridgehead atoms. The predicted molar refractivity (Wildman–Crippen MR) is 67.3 cm³/mol. The molecule has 0 radical (unpaired) electrons. The second-order valence-corrected chi connectivity index (χ2v) is 4.49. The van der Waals surface area contributed by atoms with E-state index in [4.69, 9.17) is 0 Å². The summed E-state index contributed by atoms with van der Waals surface area (Å²) in [6, 6.07) is 0. The first-order valence-corrected chi connectivity index (χ1v) is 6.35. The van der Waals surface area contributed by atoms with Gasteiger partial charge in [-0.25, -0.2) is 9.97 Å². The molecule has 0 amide bonds. The topological polar surface area (TPSA) is 79.4 Å². The fourth-order valence-corrected chi connectivity index (χ4v) is 2.33. The molecule has 1 aliphatic carbocycles. The molecule has 6 heteroatoms. The third-order valence-corrected chi connectivity index (χ3v) is 3.26. The van der Waals surface area contributed by atoms with E-state index >= 15 is 0 Å². The summed E-state index contributed by atoms with van der Waals surface area (Å²) < 4.78 is 0. The van der Waals surface area contributed by atoms with E-state index in [-0.39, 0.29) is 0 Å². The molecule has 0 saturated heterocycles. The zero-order chi connectivity index (χ0) is 12.2. The maximum Gasteiger partial charge on any atom is 0.132 e. The third kappa shape index (κ3) is 2.32. The van der Waals surface area contributed by atoms with Crippen LogP contribution in [0.25, 0.3) is 0 Å². The van der Waals surface area contributed by atoms with Crippen LogP contribution in [0.4, 0.5) is 5.82 Å². The summed E-state index contributed by atoms with van der Waals surface area (Å²) in [4.78, 5) is 8.70. The fourth-order valence-electron chi connectivity index (χ4n) is 2.33. The number of aromatic amines is 1. The number of H-pyrrole nitrogens is 1. The van der Waals surface area contributed by atoms with Gasteiger partial charge in [-0.1, -0.05) is 0 Å². The first-order chi connectivity index (χ1) is 8.93. The molecule has 1 aliphatic rings. The zero-order valence-electron chi connectivity index (χ0n) is 10.2.